The van der Waals surface area contributed by atoms with Crippen molar-refractivity contribution in [2.24, 2.45) is 11.8 Å². The first-order chi connectivity index (χ1) is 17.7. The van der Waals surface area contributed by atoms with Gasteiger partial charge in [-0.1, -0.05) is 18.2 Å². The average Bonchev–Trinajstić information content (AvgIpc) is 3.07. The molecule has 6 nitrogen and oxygen atoms in total. The van der Waals surface area contributed by atoms with E-state index in [1.165, 1.54) is 0 Å². The summed E-state index contributed by atoms with van der Waals surface area (Å²) < 4.78 is 59.3. The van der Waals surface area contributed by atoms with Crippen LogP contribution in [0, 0.1) is 17.7 Å². The molecule has 2 aromatic carbocycles. The molecule has 0 radical (unpaired) electrons. The zero-order valence-electron chi connectivity index (χ0n) is 20.4. The van der Waals surface area contributed by atoms with Gasteiger partial charge < -0.3 is 20.3 Å². The van der Waals surface area contributed by atoms with Crippen LogP contribution in [0.5, 0.6) is 0 Å². The molecule has 1 saturated carbocycles. The maximum atomic E-state index is 14.9. The van der Waals surface area contributed by atoms with Crippen LogP contribution in [0.15, 0.2) is 42.5 Å². The predicted molar refractivity (Wildman–Crippen MR) is 128 cm³/mol. The molecule has 2 aliphatic heterocycles. The Hall–Kier alpha value is -3.14. The summed E-state index contributed by atoms with van der Waals surface area (Å²) >= 11 is 0. The van der Waals surface area contributed by atoms with Crippen LogP contribution in [0.2, 0.25) is 0 Å². The number of ether oxygens (including phenoxy) is 1. The Morgan fingerprint density at radius 1 is 1.14 bits per heavy atom. The third kappa shape index (κ3) is 4.79. The van der Waals surface area contributed by atoms with Crippen LogP contribution in [0.3, 0.4) is 0 Å². The van der Waals surface area contributed by atoms with Gasteiger partial charge in [-0.2, -0.15) is 13.2 Å². The van der Waals surface area contributed by atoms with Crippen LogP contribution in [0.4, 0.5) is 23.2 Å². The lowest BCUT2D eigenvalue weighted by Gasteiger charge is -2.38. The molecule has 2 heterocycles. The molecule has 0 spiro atoms. The fraction of sp³-hybridized carbons (Fsp3) is 0.481. The number of nitrogens with one attached hydrogen (secondary N) is 2. The number of fused-ring (bicyclic) bond motifs is 1. The van der Waals surface area contributed by atoms with E-state index in [0.29, 0.717) is 30.3 Å². The highest BCUT2D eigenvalue weighted by Crippen LogP contribution is 2.45. The van der Waals surface area contributed by atoms with Crippen LogP contribution in [0.25, 0.3) is 0 Å². The standard InChI is InChI=1S/C27H29F4N3O3/c1-2-32-21-6-4-3-5-19(21)26(36)34-22-10-7-15(22)11-23(34)25(35)33-24(16-13-37-14-16)18-9-8-17(12-20(18)28)27(29,30)31/h3-6,8-9,12,15-16,22-24,32H,2,7,10-11,13-14H2,1H3,(H,33,35)/t15-,22-,23-,24-/m1/s1. The highest BCUT2D eigenvalue weighted by Gasteiger charge is 2.52. The minimum atomic E-state index is -4.68. The van der Waals surface area contributed by atoms with Gasteiger partial charge in [0.25, 0.3) is 5.91 Å². The number of para-hydroxylation sites is 1. The summed E-state index contributed by atoms with van der Waals surface area (Å²) in [6.07, 6.45) is -2.46. The van der Waals surface area contributed by atoms with Crippen LogP contribution in [-0.2, 0) is 15.7 Å². The first kappa shape index (κ1) is 25.5. The lowest BCUT2D eigenvalue weighted by atomic mass is 9.80. The Labute approximate surface area is 212 Å². The molecule has 0 aromatic heterocycles. The Balaban J connectivity index is 1.41. The zero-order chi connectivity index (χ0) is 26.3. The van der Waals surface area contributed by atoms with Crippen molar-refractivity contribution >= 4 is 17.5 Å². The molecule has 0 bridgehead atoms. The highest BCUT2D eigenvalue weighted by atomic mass is 19.4. The summed E-state index contributed by atoms with van der Waals surface area (Å²) in [5.74, 6) is -1.79. The van der Waals surface area contributed by atoms with Crippen molar-refractivity contribution in [3.63, 3.8) is 0 Å². The van der Waals surface area contributed by atoms with Crippen molar-refractivity contribution in [2.75, 3.05) is 25.1 Å². The molecule has 3 aliphatic rings. The number of hydrogen-bond acceptors (Lipinski definition) is 4. The molecule has 198 valence electrons. The molecule has 3 fully saturated rings. The molecule has 10 heteroatoms. The second kappa shape index (κ2) is 9.96. The van der Waals surface area contributed by atoms with Crippen LogP contribution < -0.4 is 10.6 Å². The first-order valence-electron chi connectivity index (χ1n) is 12.6. The smallest absolute Gasteiger partial charge is 0.385 e. The van der Waals surface area contributed by atoms with Gasteiger partial charge >= 0.3 is 6.18 Å². The van der Waals surface area contributed by atoms with E-state index in [9.17, 15) is 27.2 Å². The number of benzene rings is 2. The van der Waals surface area contributed by atoms with Crippen molar-refractivity contribution in [3.05, 3.63) is 65.0 Å². The third-order valence-electron chi connectivity index (χ3n) is 7.75. The number of likely N-dealkylation sites (tertiary alicyclic amines) is 1. The van der Waals surface area contributed by atoms with E-state index in [4.69, 9.17) is 4.74 Å². The Kier molecular flexibility index (Phi) is 6.87. The first-order valence-corrected chi connectivity index (χ1v) is 12.6. The number of hydrogen-bond donors (Lipinski definition) is 2. The van der Waals surface area contributed by atoms with E-state index in [-0.39, 0.29) is 42.6 Å². The van der Waals surface area contributed by atoms with Gasteiger partial charge in [0.15, 0.2) is 0 Å². The normalized spacial score (nSPS) is 24.0. The quantitative estimate of drug-likeness (QED) is 0.517. The number of nitrogens with zero attached hydrogens (tertiary/aromatic N) is 1. The van der Waals surface area contributed by atoms with E-state index in [2.05, 4.69) is 10.6 Å². The van der Waals surface area contributed by atoms with Crippen molar-refractivity contribution in [2.45, 2.75) is 50.5 Å². The summed E-state index contributed by atoms with van der Waals surface area (Å²) in [5, 5.41) is 6.06. The molecule has 0 unspecified atom stereocenters. The molecule has 1 aliphatic carbocycles. The van der Waals surface area contributed by atoms with Gasteiger partial charge in [-0.3, -0.25) is 9.59 Å². The Morgan fingerprint density at radius 3 is 2.49 bits per heavy atom. The van der Waals surface area contributed by atoms with Gasteiger partial charge in [0.1, 0.15) is 11.9 Å². The SMILES string of the molecule is CCNc1ccccc1C(=O)N1[C@@H](C(=O)N[C@@H](c2ccc(C(F)(F)F)cc2F)C2COC2)C[C@H]2CC[C@H]21. The maximum Gasteiger partial charge on any atom is 0.416 e. The number of anilines is 1. The fourth-order valence-corrected chi connectivity index (χ4v) is 5.60. The molecule has 37 heavy (non-hydrogen) atoms. The van der Waals surface area contributed by atoms with Gasteiger partial charge in [-0.25, -0.2) is 4.39 Å². The van der Waals surface area contributed by atoms with Gasteiger partial charge in [0.05, 0.1) is 30.4 Å². The van der Waals surface area contributed by atoms with E-state index in [1.807, 2.05) is 19.1 Å². The van der Waals surface area contributed by atoms with Crippen LogP contribution >= 0.6 is 0 Å². The van der Waals surface area contributed by atoms with Gasteiger partial charge in [-0.15, -0.1) is 0 Å². The topological polar surface area (TPSA) is 70.7 Å². The number of alkyl halides is 3. The van der Waals surface area contributed by atoms with Crippen molar-refractivity contribution in [1.29, 1.82) is 0 Å². The molecular formula is C27H29F4N3O3. The lowest BCUT2D eigenvalue weighted by Crippen LogP contribution is -2.53. The third-order valence-corrected chi connectivity index (χ3v) is 7.75. The van der Waals surface area contributed by atoms with E-state index in [1.54, 1.807) is 17.0 Å². The van der Waals surface area contributed by atoms with Crippen LogP contribution in [0.1, 0.15) is 53.7 Å². The molecular weight excluding hydrogens is 490 g/mol. The molecule has 2 aromatic rings. The van der Waals surface area contributed by atoms with E-state index < -0.39 is 35.5 Å². The van der Waals surface area contributed by atoms with Crippen molar-refractivity contribution < 1.29 is 31.9 Å². The minimum absolute atomic E-state index is 0.0222. The zero-order valence-corrected chi connectivity index (χ0v) is 20.4. The summed E-state index contributed by atoms with van der Waals surface area (Å²) in [4.78, 5) is 29.0. The largest absolute Gasteiger partial charge is 0.416 e. The van der Waals surface area contributed by atoms with Crippen molar-refractivity contribution in [1.82, 2.24) is 10.2 Å². The summed E-state index contributed by atoms with van der Waals surface area (Å²) in [5.41, 5.74) is 0.0545. The van der Waals surface area contributed by atoms with Crippen LogP contribution in [-0.4, -0.2) is 48.6 Å². The Morgan fingerprint density at radius 2 is 1.89 bits per heavy atom. The summed E-state index contributed by atoms with van der Waals surface area (Å²) in [6, 6.07) is 7.84. The highest BCUT2D eigenvalue weighted by molar-refractivity contribution is 6.02. The molecule has 2 amide bonds. The molecule has 5 rings (SSSR count). The minimum Gasteiger partial charge on any atom is -0.385 e. The number of carbonyl (C=O) groups is 2. The van der Waals surface area contributed by atoms with Gasteiger partial charge in [-0.05, 0) is 56.4 Å². The molecule has 2 saturated heterocycles. The monoisotopic (exact) mass is 519 g/mol. The van der Waals surface area contributed by atoms with E-state index in [0.717, 1.165) is 25.0 Å². The average molecular weight is 520 g/mol. The second-order valence-corrected chi connectivity index (χ2v) is 9.96. The number of halogens is 4. The molecule has 4 atom stereocenters. The maximum absolute atomic E-state index is 14.9. The molecule has 2 N–H and O–H groups in total. The number of amides is 2. The van der Waals surface area contributed by atoms with E-state index >= 15 is 0 Å². The second-order valence-electron chi connectivity index (χ2n) is 9.96. The summed E-state index contributed by atoms with van der Waals surface area (Å²) in [7, 11) is 0. The Bertz CT molecular complexity index is 1180. The summed E-state index contributed by atoms with van der Waals surface area (Å²) in [6.45, 7) is 3.06. The number of carbonyl (C=O) groups excluding carboxylic acids is 2. The van der Waals surface area contributed by atoms with Gasteiger partial charge in [0.2, 0.25) is 5.91 Å². The van der Waals surface area contributed by atoms with Crippen molar-refractivity contribution in [3.8, 4) is 0 Å². The fourth-order valence-electron chi connectivity index (χ4n) is 5.60. The lowest BCUT2D eigenvalue weighted by molar-refractivity contribution is -0.138. The number of rotatable bonds is 7. The van der Waals surface area contributed by atoms with Gasteiger partial charge in [0, 0.05) is 29.8 Å². The predicted octanol–water partition coefficient (Wildman–Crippen LogP) is 4.77.